The van der Waals surface area contributed by atoms with Crippen molar-refractivity contribution in [3.63, 3.8) is 0 Å². The molecule has 0 saturated heterocycles. The number of aryl methyl sites for hydroxylation is 2. The fourth-order valence-electron chi connectivity index (χ4n) is 2.48. The Bertz CT molecular complexity index is 841. The summed E-state index contributed by atoms with van der Waals surface area (Å²) >= 11 is 1.73. The van der Waals surface area contributed by atoms with Crippen molar-refractivity contribution < 1.29 is 0 Å². The molecule has 1 N–H and O–H groups in total. The lowest BCUT2D eigenvalue weighted by molar-refractivity contribution is 0.583. The number of hydrogen-bond acceptors (Lipinski definition) is 6. The van der Waals surface area contributed by atoms with Gasteiger partial charge in [-0.1, -0.05) is 20.8 Å². The highest BCUT2D eigenvalue weighted by molar-refractivity contribution is 7.09. The summed E-state index contributed by atoms with van der Waals surface area (Å²) in [5, 5.41) is 19.5. The Kier molecular flexibility index (Phi) is 4.85. The first-order chi connectivity index (χ1) is 11.8. The molecule has 6 nitrogen and oxygen atoms in total. The second kappa shape index (κ2) is 6.92. The maximum Gasteiger partial charge on any atom is 0.176 e. The maximum atomic E-state index is 4.71. The van der Waals surface area contributed by atoms with E-state index in [1.165, 1.54) is 5.01 Å². The molecule has 7 heteroatoms. The van der Waals surface area contributed by atoms with Crippen LogP contribution in [0.5, 0.6) is 0 Å². The maximum absolute atomic E-state index is 4.71. The third kappa shape index (κ3) is 4.22. The van der Waals surface area contributed by atoms with Crippen LogP contribution in [0.15, 0.2) is 23.6 Å². The van der Waals surface area contributed by atoms with E-state index in [2.05, 4.69) is 46.8 Å². The van der Waals surface area contributed by atoms with E-state index in [-0.39, 0.29) is 5.41 Å². The summed E-state index contributed by atoms with van der Waals surface area (Å²) in [6.07, 6.45) is 0.869. The van der Waals surface area contributed by atoms with E-state index < -0.39 is 0 Å². The third-order valence-electron chi connectivity index (χ3n) is 3.76. The normalized spacial score (nSPS) is 11.7. The lowest BCUT2D eigenvalue weighted by Gasteiger charge is -2.13. The zero-order chi connectivity index (χ0) is 18.0. The molecule has 0 bridgehead atoms. The molecule has 0 radical (unpaired) electrons. The van der Waals surface area contributed by atoms with Gasteiger partial charge in [0.05, 0.1) is 16.4 Å². The van der Waals surface area contributed by atoms with E-state index in [9.17, 15) is 0 Å². The largest absolute Gasteiger partial charge is 0.368 e. The van der Waals surface area contributed by atoms with Crippen LogP contribution in [0.25, 0.3) is 5.82 Å². The van der Waals surface area contributed by atoms with Gasteiger partial charge in [0.15, 0.2) is 5.82 Å². The Morgan fingerprint density at radius 3 is 2.52 bits per heavy atom. The number of nitrogens with zero attached hydrogens (tertiary/aromatic N) is 5. The van der Waals surface area contributed by atoms with Gasteiger partial charge < -0.3 is 5.32 Å². The summed E-state index contributed by atoms with van der Waals surface area (Å²) in [6, 6.07) is 5.88. The standard InChI is InChI=1S/C18H24N6S/c1-12-10-13(2)24(23-12)16-7-6-15(21-22-16)19-9-8-14-11-25-17(20-14)18(3,4)5/h6-7,10-11H,8-9H2,1-5H3,(H,19,21). The fraction of sp³-hybridized carbons (Fsp3) is 0.444. The summed E-state index contributed by atoms with van der Waals surface area (Å²) < 4.78 is 1.80. The van der Waals surface area contributed by atoms with Crippen LogP contribution < -0.4 is 5.32 Å². The monoisotopic (exact) mass is 356 g/mol. The minimum absolute atomic E-state index is 0.112. The van der Waals surface area contributed by atoms with Gasteiger partial charge in [-0.05, 0) is 32.0 Å². The second-order valence-electron chi connectivity index (χ2n) is 7.19. The fourth-order valence-corrected chi connectivity index (χ4v) is 3.42. The van der Waals surface area contributed by atoms with E-state index in [0.717, 1.165) is 41.7 Å². The topological polar surface area (TPSA) is 68.5 Å². The van der Waals surface area contributed by atoms with Crippen LogP contribution in [0.3, 0.4) is 0 Å². The quantitative estimate of drug-likeness (QED) is 0.755. The van der Waals surface area contributed by atoms with Crippen molar-refractivity contribution >= 4 is 17.2 Å². The van der Waals surface area contributed by atoms with E-state index in [4.69, 9.17) is 4.98 Å². The third-order valence-corrected chi connectivity index (χ3v) is 5.07. The highest BCUT2D eigenvalue weighted by atomic mass is 32.1. The molecule has 0 aliphatic heterocycles. The molecule has 0 aliphatic rings. The zero-order valence-corrected chi connectivity index (χ0v) is 16.2. The van der Waals surface area contributed by atoms with Crippen LogP contribution in [-0.2, 0) is 11.8 Å². The summed E-state index contributed by atoms with van der Waals surface area (Å²) in [7, 11) is 0. The van der Waals surface area contributed by atoms with Crippen molar-refractivity contribution in [2.24, 2.45) is 0 Å². The molecule has 0 saturated carbocycles. The molecule has 0 unspecified atom stereocenters. The summed E-state index contributed by atoms with van der Waals surface area (Å²) in [5.41, 5.74) is 3.25. The number of rotatable bonds is 5. The molecule has 3 aromatic rings. The van der Waals surface area contributed by atoms with E-state index in [0.29, 0.717) is 0 Å². The van der Waals surface area contributed by atoms with E-state index >= 15 is 0 Å². The van der Waals surface area contributed by atoms with Crippen LogP contribution in [0.2, 0.25) is 0 Å². The van der Waals surface area contributed by atoms with E-state index in [1.54, 1.807) is 16.0 Å². The van der Waals surface area contributed by atoms with Gasteiger partial charge in [0.2, 0.25) is 0 Å². The van der Waals surface area contributed by atoms with Gasteiger partial charge in [-0.3, -0.25) is 0 Å². The van der Waals surface area contributed by atoms with Crippen molar-refractivity contribution in [1.29, 1.82) is 0 Å². The number of aromatic nitrogens is 5. The van der Waals surface area contributed by atoms with Crippen LogP contribution in [0.1, 0.15) is 42.9 Å². The Morgan fingerprint density at radius 2 is 1.96 bits per heavy atom. The zero-order valence-electron chi connectivity index (χ0n) is 15.4. The Labute approximate surface area is 152 Å². The van der Waals surface area contributed by atoms with Gasteiger partial charge in [-0.2, -0.15) is 5.10 Å². The van der Waals surface area contributed by atoms with Gasteiger partial charge in [0, 0.05) is 29.5 Å². The van der Waals surface area contributed by atoms with Gasteiger partial charge in [0.1, 0.15) is 5.82 Å². The van der Waals surface area contributed by atoms with Gasteiger partial charge in [-0.15, -0.1) is 21.5 Å². The van der Waals surface area contributed by atoms with Crippen LogP contribution in [-0.4, -0.2) is 31.5 Å². The summed E-state index contributed by atoms with van der Waals surface area (Å²) in [4.78, 5) is 4.71. The predicted octanol–water partition coefficient (Wildman–Crippen LogP) is 3.69. The number of nitrogens with one attached hydrogen (secondary N) is 1. The predicted molar refractivity (Wildman–Crippen MR) is 102 cm³/mol. The molecule has 25 heavy (non-hydrogen) atoms. The van der Waals surface area contributed by atoms with Gasteiger partial charge in [-0.25, -0.2) is 9.67 Å². The molecule has 3 heterocycles. The first-order valence-corrected chi connectivity index (χ1v) is 9.27. The van der Waals surface area contributed by atoms with Gasteiger partial charge >= 0.3 is 0 Å². The first-order valence-electron chi connectivity index (χ1n) is 8.39. The smallest absolute Gasteiger partial charge is 0.176 e. The summed E-state index contributed by atoms with van der Waals surface area (Å²) in [6.45, 7) is 11.3. The molecular formula is C18H24N6S. The lowest BCUT2D eigenvalue weighted by atomic mass is 9.98. The molecule has 0 spiro atoms. The molecule has 0 fully saturated rings. The Hall–Kier alpha value is -2.28. The minimum atomic E-state index is 0.112. The van der Waals surface area contributed by atoms with E-state index in [1.807, 2.05) is 32.0 Å². The molecule has 0 amide bonds. The van der Waals surface area contributed by atoms with Crippen molar-refractivity contribution in [3.8, 4) is 5.82 Å². The Balaban J connectivity index is 1.57. The second-order valence-corrected chi connectivity index (χ2v) is 8.04. The average Bonchev–Trinajstić information content (AvgIpc) is 3.14. The van der Waals surface area contributed by atoms with Crippen LogP contribution in [0, 0.1) is 13.8 Å². The Morgan fingerprint density at radius 1 is 1.16 bits per heavy atom. The molecular weight excluding hydrogens is 332 g/mol. The molecule has 0 atom stereocenters. The highest BCUT2D eigenvalue weighted by Gasteiger charge is 2.17. The molecule has 0 aliphatic carbocycles. The van der Waals surface area contributed by atoms with Crippen molar-refractivity contribution in [1.82, 2.24) is 25.0 Å². The molecule has 3 aromatic heterocycles. The van der Waals surface area contributed by atoms with Crippen LogP contribution >= 0.6 is 11.3 Å². The van der Waals surface area contributed by atoms with Crippen molar-refractivity contribution in [2.75, 3.05) is 11.9 Å². The summed E-state index contributed by atoms with van der Waals surface area (Å²) in [5.74, 6) is 1.49. The molecule has 0 aromatic carbocycles. The number of anilines is 1. The average molecular weight is 356 g/mol. The lowest BCUT2D eigenvalue weighted by Crippen LogP contribution is -2.12. The van der Waals surface area contributed by atoms with Gasteiger partial charge in [0.25, 0.3) is 0 Å². The SMILES string of the molecule is Cc1cc(C)n(-c2ccc(NCCc3csc(C(C)(C)C)n3)nn2)n1. The van der Waals surface area contributed by atoms with Crippen molar-refractivity contribution in [3.05, 3.63) is 45.7 Å². The molecule has 3 rings (SSSR count). The first kappa shape index (κ1) is 17.5. The molecule has 132 valence electrons. The highest BCUT2D eigenvalue weighted by Crippen LogP contribution is 2.25. The van der Waals surface area contributed by atoms with Crippen molar-refractivity contribution in [2.45, 2.75) is 46.5 Å². The van der Waals surface area contributed by atoms with Crippen LogP contribution in [0.4, 0.5) is 5.82 Å². The number of hydrogen-bond donors (Lipinski definition) is 1. The number of thiazole rings is 1. The minimum Gasteiger partial charge on any atom is -0.368 e.